The highest BCUT2D eigenvalue weighted by Gasteiger charge is 2.24. The SMILES string of the molecule is COc1cc(C(=O)c2cn(-c3cccc(C)c3)cc2-c2ncco2)cc(OC)c1OC. The molecule has 2 heterocycles. The van der Waals surface area contributed by atoms with Crippen molar-refractivity contribution in [2.24, 2.45) is 0 Å². The van der Waals surface area contributed by atoms with Crippen LogP contribution in [0.15, 0.2) is 65.7 Å². The Balaban J connectivity index is 1.86. The standard InChI is InChI=1S/C24H22N2O5/c1-15-6-5-7-17(10-15)26-13-18(19(14-26)24-25-8-9-31-24)22(27)16-11-20(28-2)23(30-4)21(12-16)29-3/h5-14H,1-4H3. The molecule has 2 aromatic carbocycles. The van der Waals surface area contributed by atoms with Gasteiger partial charge in [0.1, 0.15) is 6.26 Å². The van der Waals surface area contributed by atoms with Gasteiger partial charge in [0, 0.05) is 23.6 Å². The molecule has 0 radical (unpaired) electrons. The highest BCUT2D eigenvalue weighted by atomic mass is 16.5. The summed E-state index contributed by atoms with van der Waals surface area (Å²) in [5, 5.41) is 0. The molecule has 0 unspecified atom stereocenters. The minimum atomic E-state index is -0.223. The largest absolute Gasteiger partial charge is 0.493 e. The van der Waals surface area contributed by atoms with Crippen molar-refractivity contribution in [3.05, 3.63) is 77.9 Å². The number of oxazole rings is 1. The van der Waals surface area contributed by atoms with E-state index in [0.717, 1.165) is 11.3 Å². The summed E-state index contributed by atoms with van der Waals surface area (Å²) in [6.45, 7) is 2.02. The van der Waals surface area contributed by atoms with E-state index < -0.39 is 0 Å². The van der Waals surface area contributed by atoms with Crippen LogP contribution in [0.3, 0.4) is 0 Å². The molecule has 0 aliphatic heterocycles. The number of ether oxygens (including phenoxy) is 3. The van der Waals surface area contributed by atoms with Gasteiger partial charge in [-0.15, -0.1) is 0 Å². The Kier molecular flexibility index (Phi) is 5.49. The van der Waals surface area contributed by atoms with E-state index in [1.165, 1.54) is 27.6 Å². The number of rotatable bonds is 7. The lowest BCUT2D eigenvalue weighted by Crippen LogP contribution is -2.04. The van der Waals surface area contributed by atoms with Crippen molar-refractivity contribution in [2.45, 2.75) is 6.92 Å². The number of hydrogen-bond donors (Lipinski definition) is 0. The Morgan fingerprint density at radius 1 is 1.00 bits per heavy atom. The molecular formula is C24H22N2O5. The summed E-state index contributed by atoms with van der Waals surface area (Å²) >= 11 is 0. The molecule has 0 fully saturated rings. The van der Waals surface area contributed by atoms with Gasteiger partial charge < -0.3 is 23.2 Å². The molecule has 31 heavy (non-hydrogen) atoms. The summed E-state index contributed by atoms with van der Waals surface area (Å²) in [6.07, 6.45) is 6.64. The summed E-state index contributed by atoms with van der Waals surface area (Å²) in [6, 6.07) is 11.3. The first-order chi connectivity index (χ1) is 15.0. The van der Waals surface area contributed by atoms with Crippen LogP contribution in [-0.4, -0.2) is 36.7 Å². The monoisotopic (exact) mass is 418 g/mol. The molecule has 0 atom stereocenters. The van der Waals surface area contributed by atoms with Crippen molar-refractivity contribution in [3.8, 4) is 34.4 Å². The fourth-order valence-electron chi connectivity index (χ4n) is 3.47. The van der Waals surface area contributed by atoms with Crippen LogP contribution in [-0.2, 0) is 0 Å². The maximum absolute atomic E-state index is 13.6. The third-order valence-electron chi connectivity index (χ3n) is 4.96. The minimum Gasteiger partial charge on any atom is -0.493 e. The lowest BCUT2D eigenvalue weighted by molar-refractivity contribution is 0.103. The van der Waals surface area contributed by atoms with Crippen molar-refractivity contribution >= 4 is 5.78 Å². The van der Waals surface area contributed by atoms with Crippen molar-refractivity contribution < 1.29 is 23.4 Å². The second-order valence-electron chi connectivity index (χ2n) is 6.91. The van der Waals surface area contributed by atoms with Gasteiger partial charge in [-0.3, -0.25) is 4.79 Å². The minimum absolute atomic E-state index is 0.223. The van der Waals surface area contributed by atoms with Crippen LogP contribution in [0.4, 0.5) is 0 Å². The van der Waals surface area contributed by atoms with Crippen molar-refractivity contribution in [1.82, 2.24) is 9.55 Å². The van der Waals surface area contributed by atoms with E-state index in [2.05, 4.69) is 4.98 Å². The zero-order chi connectivity index (χ0) is 22.0. The van der Waals surface area contributed by atoms with E-state index in [1.54, 1.807) is 24.5 Å². The number of methoxy groups -OCH3 is 3. The third-order valence-corrected chi connectivity index (χ3v) is 4.96. The predicted molar refractivity (Wildman–Crippen MR) is 116 cm³/mol. The number of aryl methyl sites for hydroxylation is 1. The van der Waals surface area contributed by atoms with Crippen molar-refractivity contribution in [1.29, 1.82) is 0 Å². The number of carbonyl (C=O) groups excluding carboxylic acids is 1. The summed E-state index contributed by atoms with van der Waals surface area (Å²) in [7, 11) is 4.54. The number of ketones is 1. The number of aromatic nitrogens is 2. The Hall–Kier alpha value is -4.00. The van der Waals surface area contributed by atoms with Crippen LogP contribution in [0, 0.1) is 6.92 Å². The number of nitrogens with zero attached hydrogens (tertiary/aromatic N) is 2. The maximum atomic E-state index is 13.6. The van der Waals surface area contributed by atoms with E-state index in [9.17, 15) is 4.79 Å². The van der Waals surface area contributed by atoms with Gasteiger partial charge in [-0.1, -0.05) is 12.1 Å². The Labute approximate surface area is 179 Å². The fourth-order valence-corrected chi connectivity index (χ4v) is 3.47. The predicted octanol–water partition coefficient (Wildman–Crippen LogP) is 4.70. The molecule has 0 bridgehead atoms. The quantitative estimate of drug-likeness (QED) is 0.405. The first kappa shape index (κ1) is 20.3. The lowest BCUT2D eigenvalue weighted by atomic mass is 10.0. The van der Waals surface area contributed by atoms with E-state index in [-0.39, 0.29) is 5.78 Å². The smallest absolute Gasteiger partial charge is 0.228 e. The molecule has 0 saturated carbocycles. The van der Waals surface area contributed by atoms with E-state index >= 15 is 0 Å². The van der Waals surface area contributed by atoms with Gasteiger partial charge in [0.15, 0.2) is 17.3 Å². The molecule has 2 aromatic heterocycles. The second kappa shape index (κ2) is 8.39. The van der Waals surface area contributed by atoms with Gasteiger partial charge in [-0.05, 0) is 36.8 Å². The number of carbonyl (C=O) groups is 1. The summed E-state index contributed by atoms with van der Waals surface area (Å²) in [5.41, 5.74) is 3.46. The first-order valence-electron chi connectivity index (χ1n) is 9.59. The van der Waals surface area contributed by atoms with Crippen LogP contribution < -0.4 is 14.2 Å². The number of benzene rings is 2. The molecule has 0 aliphatic carbocycles. The van der Waals surface area contributed by atoms with Crippen LogP contribution in [0.2, 0.25) is 0 Å². The van der Waals surface area contributed by atoms with Crippen LogP contribution in [0.1, 0.15) is 21.5 Å². The molecule has 0 aliphatic rings. The normalized spacial score (nSPS) is 10.7. The lowest BCUT2D eigenvalue weighted by Gasteiger charge is -2.13. The molecule has 7 heteroatoms. The van der Waals surface area contributed by atoms with Gasteiger partial charge in [-0.25, -0.2) is 4.98 Å². The summed E-state index contributed by atoms with van der Waals surface area (Å²) < 4.78 is 23.6. The van der Waals surface area contributed by atoms with Gasteiger partial charge in [0.05, 0.1) is 38.7 Å². The Morgan fingerprint density at radius 3 is 2.32 bits per heavy atom. The summed E-state index contributed by atoms with van der Waals surface area (Å²) in [4.78, 5) is 17.8. The van der Waals surface area contributed by atoms with Gasteiger partial charge in [0.2, 0.25) is 11.6 Å². The summed E-state index contributed by atoms with van der Waals surface area (Å²) in [5.74, 6) is 1.37. The number of hydrogen-bond acceptors (Lipinski definition) is 6. The molecule has 0 spiro atoms. The van der Waals surface area contributed by atoms with Crippen LogP contribution in [0.5, 0.6) is 17.2 Å². The Morgan fingerprint density at radius 2 is 1.74 bits per heavy atom. The molecule has 0 saturated heterocycles. The maximum Gasteiger partial charge on any atom is 0.228 e. The van der Waals surface area contributed by atoms with E-state index in [1.807, 2.05) is 42.0 Å². The molecular weight excluding hydrogens is 396 g/mol. The van der Waals surface area contributed by atoms with Gasteiger partial charge >= 0.3 is 0 Å². The first-order valence-corrected chi connectivity index (χ1v) is 9.59. The van der Waals surface area contributed by atoms with Crippen molar-refractivity contribution in [3.63, 3.8) is 0 Å². The van der Waals surface area contributed by atoms with Gasteiger partial charge in [-0.2, -0.15) is 0 Å². The zero-order valence-electron chi connectivity index (χ0n) is 17.7. The fraction of sp³-hybridized carbons (Fsp3) is 0.167. The van der Waals surface area contributed by atoms with Crippen LogP contribution >= 0.6 is 0 Å². The molecule has 0 amide bonds. The third kappa shape index (κ3) is 3.77. The molecule has 7 nitrogen and oxygen atoms in total. The van der Waals surface area contributed by atoms with E-state index in [0.29, 0.717) is 39.8 Å². The van der Waals surface area contributed by atoms with Gasteiger partial charge in [0.25, 0.3) is 0 Å². The van der Waals surface area contributed by atoms with Crippen molar-refractivity contribution in [2.75, 3.05) is 21.3 Å². The highest BCUT2D eigenvalue weighted by molar-refractivity contribution is 6.13. The molecule has 0 N–H and O–H groups in total. The molecule has 4 rings (SSSR count). The molecule has 158 valence electrons. The van der Waals surface area contributed by atoms with E-state index in [4.69, 9.17) is 18.6 Å². The average Bonchev–Trinajstić information content (AvgIpc) is 3.47. The van der Waals surface area contributed by atoms with Crippen LogP contribution in [0.25, 0.3) is 17.1 Å². The topological polar surface area (TPSA) is 75.7 Å². The second-order valence-corrected chi connectivity index (χ2v) is 6.91. The zero-order valence-corrected chi connectivity index (χ0v) is 17.7. The average molecular weight is 418 g/mol. The molecule has 4 aromatic rings. The Bertz CT molecular complexity index is 1200. The highest BCUT2D eigenvalue weighted by Crippen LogP contribution is 2.39.